The molecule has 3 aromatic rings. The molecule has 0 spiro atoms. The number of hydrogen-bond donors (Lipinski definition) is 0. The Kier molecular flexibility index (Phi) is 2.60. The van der Waals surface area contributed by atoms with Crippen LogP contribution in [0.5, 0.6) is 0 Å². The van der Waals surface area contributed by atoms with Gasteiger partial charge in [0.2, 0.25) is 0 Å². The van der Waals surface area contributed by atoms with E-state index in [0.717, 1.165) is 10.3 Å². The van der Waals surface area contributed by atoms with Crippen molar-refractivity contribution in [2.24, 2.45) is 0 Å². The topological polar surface area (TPSA) is 30.7 Å². The molecule has 2 heterocycles. The van der Waals surface area contributed by atoms with Crippen molar-refractivity contribution in [3.8, 4) is 5.00 Å². The van der Waals surface area contributed by atoms with Crippen LogP contribution in [0.25, 0.3) is 15.1 Å². The SMILES string of the molecule is C[Si](C)(C)c1cn(-c2cc3ccccc3s2)nn1. The van der Waals surface area contributed by atoms with E-state index in [1.165, 1.54) is 10.1 Å². The third-order valence-corrected chi connectivity index (χ3v) is 5.77. The molecule has 3 rings (SSSR count). The number of aromatic nitrogens is 3. The van der Waals surface area contributed by atoms with Crippen LogP contribution in [0, 0.1) is 0 Å². The third kappa shape index (κ3) is 2.00. The van der Waals surface area contributed by atoms with E-state index in [1.54, 1.807) is 11.3 Å². The van der Waals surface area contributed by atoms with E-state index in [-0.39, 0.29) is 0 Å². The molecule has 92 valence electrons. The van der Waals surface area contributed by atoms with Crippen LogP contribution in [0.1, 0.15) is 0 Å². The summed E-state index contributed by atoms with van der Waals surface area (Å²) in [4.78, 5) is 0. The molecule has 3 nitrogen and oxygen atoms in total. The zero-order valence-electron chi connectivity index (χ0n) is 10.7. The van der Waals surface area contributed by atoms with Crippen LogP contribution in [-0.2, 0) is 0 Å². The molecule has 0 saturated carbocycles. The van der Waals surface area contributed by atoms with Crippen LogP contribution < -0.4 is 5.32 Å². The minimum Gasteiger partial charge on any atom is -0.211 e. The Morgan fingerprint density at radius 1 is 1.17 bits per heavy atom. The van der Waals surface area contributed by atoms with Gasteiger partial charge in [0.15, 0.2) is 0 Å². The Bertz CT molecular complexity index is 660. The smallest absolute Gasteiger partial charge is 0.120 e. The zero-order chi connectivity index (χ0) is 12.8. The van der Waals surface area contributed by atoms with Gasteiger partial charge in [0.25, 0.3) is 0 Å². The molecule has 0 saturated heterocycles. The van der Waals surface area contributed by atoms with Crippen molar-refractivity contribution in [2.75, 3.05) is 0 Å². The number of hydrogen-bond acceptors (Lipinski definition) is 3. The zero-order valence-corrected chi connectivity index (χ0v) is 12.5. The van der Waals surface area contributed by atoms with Crippen molar-refractivity contribution in [3.63, 3.8) is 0 Å². The fourth-order valence-corrected chi connectivity index (χ4v) is 3.64. The summed E-state index contributed by atoms with van der Waals surface area (Å²) in [6, 6.07) is 10.6. The Labute approximate surface area is 111 Å². The lowest BCUT2D eigenvalue weighted by atomic mass is 10.3. The molecule has 0 amide bonds. The minimum absolute atomic E-state index is 1.13. The Morgan fingerprint density at radius 3 is 2.61 bits per heavy atom. The number of rotatable bonds is 2. The number of fused-ring (bicyclic) bond motifs is 1. The molecule has 18 heavy (non-hydrogen) atoms. The van der Waals surface area contributed by atoms with E-state index >= 15 is 0 Å². The van der Waals surface area contributed by atoms with Crippen molar-refractivity contribution >= 4 is 34.8 Å². The second kappa shape index (κ2) is 4.03. The van der Waals surface area contributed by atoms with Gasteiger partial charge in [0.1, 0.15) is 13.1 Å². The summed E-state index contributed by atoms with van der Waals surface area (Å²) in [6.45, 7) is 6.85. The molecular weight excluding hydrogens is 258 g/mol. The van der Waals surface area contributed by atoms with Gasteiger partial charge in [0, 0.05) is 4.70 Å². The highest BCUT2D eigenvalue weighted by atomic mass is 32.1. The molecule has 0 atom stereocenters. The van der Waals surface area contributed by atoms with Crippen molar-refractivity contribution < 1.29 is 0 Å². The highest BCUT2D eigenvalue weighted by Crippen LogP contribution is 2.27. The summed E-state index contributed by atoms with van der Waals surface area (Å²) in [7, 11) is -1.37. The summed E-state index contributed by atoms with van der Waals surface area (Å²) in [6.07, 6.45) is 2.08. The summed E-state index contributed by atoms with van der Waals surface area (Å²) in [5, 5.41) is 12.1. The van der Waals surface area contributed by atoms with Crippen molar-refractivity contribution in [2.45, 2.75) is 19.6 Å². The summed E-state index contributed by atoms with van der Waals surface area (Å²) < 4.78 is 3.19. The van der Waals surface area contributed by atoms with Crippen molar-refractivity contribution in [1.29, 1.82) is 0 Å². The predicted octanol–water partition coefficient (Wildman–Crippen LogP) is 3.03. The monoisotopic (exact) mass is 273 g/mol. The van der Waals surface area contributed by atoms with E-state index in [4.69, 9.17) is 0 Å². The van der Waals surface area contributed by atoms with Crippen molar-refractivity contribution in [3.05, 3.63) is 36.5 Å². The molecule has 0 aliphatic carbocycles. The standard InChI is InChI=1S/C13H15N3SSi/c1-18(2,3)12-9-16(15-14-12)13-8-10-6-4-5-7-11(10)17-13/h4-9H,1-3H3. The lowest BCUT2D eigenvalue weighted by Gasteiger charge is -2.09. The van der Waals surface area contributed by atoms with Gasteiger partial charge < -0.3 is 0 Å². The first-order valence-electron chi connectivity index (χ1n) is 5.96. The highest BCUT2D eigenvalue weighted by molar-refractivity contribution is 7.21. The van der Waals surface area contributed by atoms with E-state index in [1.807, 2.05) is 4.68 Å². The predicted molar refractivity (Wildman–Crippen MR) is 79.7 cm³/mol. The lowest BCUT2D eigenvalue weighted by Crippen LogP contribution is -2.38. The fourth-order valence-electron chi connectivity index (χ4n) is 1.80. The molecule has 0 N–H and O–H groups in total. The average molecular weight is 273 g/mol. The van der Waals surface area contributed by atoms with Gasteiger partial charge in [-0.15, -0.1) is 16.4 Å². The maximum Gasteiger partial charge on any atom is 0.120 e. The van der Waals surface area contributed by atoms with Crippen LogP contribution in [0.15, 0.2) is 36.5 Å². The van der Waals surface area contributed by atoms with Crippen LogP contribution in [0.3, 0.4) is 0 Å². The normalized spacial score (nSPS) is 12.2. The molecule has 0 radical (unpaired) electrons. The molecule has 0 aliphatic heterocycles. The van der Waals surface area contributed by atoms with Gasteiger partial charge in [0.05, 0.1) is 11.5 Å². The molecule has 0 bridgehead atoms. The molecule has 0 unspecified atom stereocenters. The Morgan fingerprint density at radius 2 is 1.94 bits per heavy atom. The Hall–Kier alpha value is -1.46. The van der Waals surface area contributed by atoms with Gasteiger partial charge >= 0.3 is 0 Å². The molecule has 0 fully saturated rings. The summed E-state index contributed by atoms with van der Waals surface area (Å²) >= 11 is 1.75. The van der Waals surface area contributed by atoms with Gasteiger partial charge in [-0.2, -0.15) is 0 Å². The number of benzene rings is 1. The first kappa shape index (κ1) is 11.6. The average Bonchev–Trinajstić information content (AvgIpc) is 2.94. The lowest BCUT2D eigenvalue weighted by molar-refractivity contribution is 0.816. The van der Waals surface area contributed by atoms with Crippen LogP contribution >= 0.6 is 11.3 Å². The largest absolute Gasteiger partial charge is 0.211 e. The molecule has 1 aromatic carbocycles. The van der Waals surface area contributed by atoms with Crippen LogP contribution in [0.4, 0.5) is 0 Å². The van der Waals surface area contributed by atoms with Crippen LogP contribution in [-0.4, -0.2) is 23.1 Å². The first-order chi connectivity index (χ1) is 8.54. The maximum absolute atomic E-state index is 4.32. The third-order valence-electron chi connectivity index (χ3n) is 2.90. The van der Waals surface area contributed by atoms with Crippen LogP contribution in [0.2, 0.25) is 19.6 Å². The molecule has 5 heteroatoms. The maximum atomic E-state index is 4.32. The van der Waals surface area contributed by atoms with Gasteiger partial charge in [-0.05, 0) is 17.5 Å². The molecule has 0 aliphatic rings. The summed E-state index contributed by atoms with van der Waals surface area (Å²) in [5.41, 5.74) is 0. The number of thiophene rings is 1. The highest BCUT2D eigenvalue weighted by Gasteiger charge is 2.21. The second-order valence-corrected chi connectivity index (χ2v) is 11.5. The van der Waals surface area contributed by atoms with E-state index in [9.17, 15) is 0 Å². The quantitative estimate of drug-likeness (QED) is 0.672. The fraction of sp³-hybridized carbons (Fsp3) is 0.231. The van der Waals surface area contributed by atoms with Crippen molar-refractivity contribution in [1.82, 2.24) is 15.0 Å². The van der Waals surface area contributed by atoms with Gasteiger partial charge in [-0.25, -0.2) is 4.68 Å². The van der Waals surface area contributed by atoms with Gasteiger partial charge in [-0.1, -0.05) is 43.1 Å². The summed E-state index contributed by atoms with van der Waals surface area (Å²) in [5.74, 6) is 0. The Balaban J connectivity index is 2.06. The first-order valence-corrected chi connectivity index (χ1v) is 10.3. The number of nitrogens with zero attached hydrogens (tertiary/aromatic N) is 3. The van der Waals surface area contributed by atoms with E-state index < -0.39 is 8.07 Å². The minimum atomic E-state index is -1.37. The molecular formula is C13H15N3SSi. The van der Waals surface area contributed by atoms with E-state index in [2.05, 4.69) is 66.5 Å². The second-order valence-electron chi connectivity index (χ2n) is 5.42. The molecule has 2 aromatic heterocycles. The van der Waals surface area contributed by atoms with Gasteiger partial charge in [-0.3, -0.25) is 0 Å². The van der Waals surface area contributed by atoms with E-state index in [0.29, 0.717) is 0 Å².